The standard InChI is InChI=1S/C10H10FNO2S/c11-8-3-7(4-12-5-8)10(13)9-6-15-2-1-14-9/h3-5,9H,1-2,6H2. The van der Waals surface area contributed by atoms with E-state index in [1.54, 1.807) is 11.8 Å². The molecule has 5 heteroatoms. The van der Waals surface area contributed by atoms with Crippen molar-refractivity contribution >= 4 is 17.5 Å². The van der Waals surface area contributed by atoms with Gasteiger partial charge in [0.25, 0.3) is 0 Å². The van der Waals surface area contributed by atoms with Crippen molar-refractivity contribution in [2.24, 2.45) is 0 Å². The van der Waals surface area contributed by atoms with Gasteiger partial charge < -0.3 is 4.74 Å². The number of pyridine rings is 1. The Kier molecular flexibility index (Phi) is 3.33. The summed E-state index contributed by atoms with van der Waals surface area (Å²) in [6.45, 7) is 0.573. The highest BCUT2D eigenvalue weighted by Gasteiger charge is 2.23. The first-order chi connectivity index (χ1) is 7.27. The minimum absolute atomic E-state index is 0.186. The Bertz CT molecular complexity index is 366. The third kappa shape index (κ3) is 2.54. The summed E-state index contributed by atoms with van der Waals surface area (Å²) in [5.74, 6) is 0.860. The number of rotatable bonds is 2. The fourth-order valence-corrected chi connectivity index (χ4v) is 2.21. The van der Waals surface area contributed by atoms with E-state index in [1.807, 2.05) is 0 Å². The van der Waals surface area contributed by atoms with Crippen molar-refractivity contribution < 1.29 is 13.9 Å². The minimum Gasteiger partial charge on any atom is -0.368 e. The van der Waals surface area contributed by atoms with Gasteiger partial charge in [0, 0.05) is 23.3 Å². The summed E-state index contributed by atoms with van der Waals surface area (Å²) in [5.41, 5.74) is 0.280. The molecule has 1 unspecified atom stereocenters. The van der Waals surface area contributed by atoms with E-state index in [-0.39, 0.29) is 11.3 Å². The maximum atomic E-state index is 12.8. The van der Waals surface area contributed by atoms with Gasteiger partial charge >= 0.3 is 0 Å². The van der Waals surface area contributed by atoms with Crippen LogP contribution in [0.2, 0.25) is 0 Å². The van der Waals surface area contributed by atoms with E-state index in [0.29, 0.717) is 12.4 Å². The van der Waals surface area contributed by atoms with Crippen molar-refractivity contribution in [3.8, 4) is 0 Å². The van der Waals surface area contributed by atoms with Gasteiger partial charge in [-0.3, -0.25) is 9.78 Å². The smallest absolute Gasteiger partial charge is 0.194 e. The van der Waals surface area contributed by atoms with E-state index in [0.717, 1.165) is 11.9 Å². The normalized spacial score (nSPS) is 21.3. The number of hydrogen-bond donors (Lipinski definition) is 0. The monoisotopic (exact) mass is 227 g/mol. The van der Waals surface area contributed by atoms with Crippen molar-refractivity contribution in [3.63, 3.8) is 0 Å². The lowest BCUT2D eigenvalue weighted by molar-refractivity contribution is 0.0518. The van der Waals surface area contributed by atoms with Crippen LogP contribution in [0.4, 0.5) is 4.39 Å². The highest BCUT2D eigenvalue weighted by atomic mass is 32.2. The summed E-state index contributed by atoms with van der Waals surface area (Å²) in [5, 5.41) is 0. The number of Topliss-reactive ketones (excluding diaryl/α,β-unsaturated/α-hetero) is 1. The molecule has 2 heterocycles. The molecule has 0 amide bonds. The quantitative estimate of drug-likeness (QED) is 0.718. The Hall–Kier alpha value is -0.940. The summed E-state index contributed by atoms with van der Waals surface area (Å²) in [4.78, 5) is 15.4. The van der Waals surface area contributed by atoms with Gasteiger partial charge in [0.1, 0.15) is 11.9 Å². The molecule has 1 fully saturated rings. The maximum absolute atomic E-state index is 12.8. The van der Waals surface area contributed by atoms with Crippen LogP contribution in [-0.2, 0) is 4.74 Å². The van der Waals surface area contributed by atoms with E-state index < -0.39 is 11.9 Å². The Morgan fingerprint density at radius 1 is 1.60 bits per heavy atom. The van der Waals surface area contributed by atoms with Crippen LogP contribution in [0.3, 0.4) is 0 Å². The van der Waals surface area contributed by atoms with Crippen molar-refractivity contribution in [1.29, 1.82) is 0 Å². The SMILES string of the molecule is O=C(c1cncc(F)c1)C1CSCCO1. The Morgan fingerprint density at radius 3 is 3.13 bits per heavy atom. The molecule has 2 rings (SSSR count). The largest absolute Gasteiger partial charge is 0.368 e. The highest BCUT2D eigenvalue weighted by molar-refractivity contribution is 7.99. The zero-order valence-corrected chi connectivity index (χ0v) is 8.80. The molecule has 0 radical (unpaired) electrons. The van der Waals surface area contributed by atoms with Crippen LogP contribution in [0, 0.1) is 5.82 Å². The Balaban J connectivity index is 2.12. The summed E-state index contributed by atoms with van der Waals surface area (Å²) in [6.07, 6.45) is 1.99. The molecule has 1 aliphatic heterocycles. The fourth-order valence-electron chi connectivity index (χ4n) is 1.37. The Labute approximate surface area is 91.0 Å². The molecular formula is C10H10FNO2S. The molecule has 0 aliphatic carbocycles. The van der Waals surface area contributed by atoms with Crippen molar-refractivity contribution in [2.75, 3.05) is 18.1 Å². The predicted molar refractivity (Wildman–Crippen MR) is 55.6 cm³/mol. The van der Waals surface area contributed by atoms with E-state index in [9.17, 15) is 9.18 Å². The van der Waals surface area contributed by atoms with Crippen LogP contribution in [0.25, 0.3) is 0 Å². The lowest BCUT2D eigenvalue weighted by Crippen LogP contribution is -2.31. The molecule has 1 atom stereocenters. The number of ketones is 1. The van der Waals surface area contributed by atoms with Gasteiger partial charge in [-0.05, 0) is 6.07 Å². The number of halogens is 1. The molecule has 0 saturated carbocycles. The molecular weight excluding hydrogens is 217 g/mol. The van der Waals surface area contributed by atoms with Gasteiger partial charge in [0.05, 0.1) is 12.8 Å². The lowest BCUT2D eigenvalue weighted by Gasteiger charge is -2.20. The molecule has 0 spiro atoms. The van der Waals surface area contributed by atoms with Gasteiger partial charge in [0.2, 0.25) is 0 Å². The first-order valence-corrected chi connectivity index (χ1v) is 5.77. The highest BCUT2D eigenvalue weighted by Crippen LogP contribution is 2.16. The molecule has 0 N–H and O–H groups in total. The second-order valence-electron chi connectivity index (χ2n) is 3.19. The van der Waals surface area contributed by atoms with Crippen LogP contribution in [0.15, 0.2) is 18.5 Å². The van der Waals surface area contributed by atoms with E-state index in [4.69, 9.17) is 4.74 Å². The third-order valence-electron chi connectivity index (χ3n) is 2.10. The second kappa shape index (κ2) is 4.72. The molecule has 1 aliphatic rings. The van der Waals surface area contributed by atoms with Gasteiger partial charge in [-0.1, -0.05) is 0 Å². The fraction of sp³-hybridized carbons (Fsp3) is 0.400. The van der Waals surface area contributed by atoms with E-state index in [2.05, 4.69) is 4.98 Å². The summed E-state index contributed by atoms with van der Waals surface area (Å²) >= 11 is 1.67. The van der Waals surface area contributed by atoms with E-state index in [1.165, 1.54) is 12.3 Å². The van der Waals surface area contributed by atoms with Crippen LogP contribution in [0.1, 0.15) is 10.4 Å². The van der Waals surface area contributed by atoms with Crippen LogP contribution < -0.4 is 0 Å². The third-order valence-corrected chi connectivity index (χ3v) is 3.09. The predicted octanol–water partition coefficient (Wildman–Crippen LogP) is 1.54. The zero-order valence-electron chi connectivity index (χ0n) is 7.98. The van der Waals surface area contributed by atoms with Crippen molar-refractivity contribution in [2.45, 2.75) is 6.10 Å². The first kappa shape index (κ1) is 10.6. The molecule has 0 aromatic carbocycles. The average Bonchev–Trinajstić information content (AvgIpc) is 2.29. The van der Waals surface area contributed by atoms with Crippen LogP contribution in [0.5, 0.6) is 0 Å². The molecule has 1 aromatic rings. The lowest BCUT2D eigenvalue weighted by atomic mass is 10.1. The number of carbonyl (C=O) groups is 1. The molecule has 15 heavy (non-hydrogen) atoms. The molecule has 0 bridgehead atoms. The molecule has 1 saturated heterocycles. The number of aromatic nitrogens is 1. The van der Waals surface area contributed by atoms with Crippen LogP contribution in [-0.4, -0.2) is 35.0 Å². The number of ether oxygens (including phenoxy) is 1. The topological polar surface area (TPSA) is 39.2 Å². The summed E-state index contributed by atoms with van der Waals surface area (Å²) in [7, 11) is 0. The average molecular weight is 227 g/mol. The van der Waals surface area contributed by atoms with Gasteiger partial charge in [-0.15, -0.1) is 0 Å². The van der Waals surface area contributed by atoms with E-state index >= 15 is 0 Å². The Morgan fingerprint density at radius 2 is 2.47 bits per heavy atom. The molecule has 1 aromatic heterocycles. The number of nitrogens with zero attached hydrogens (tertiary/aromatic N) is 1. The maximum Gasteiger partial charge on any atom is 0.194 e. The minimum atomic E-state index is -0.496. The van der Waals surface area contributed by atoms with Crippen LogP contribution >= 0.6 is 11.8 Å². The van der Waals surface area contributed by atoms with Crippen molar-refractivity contribution in [3.05, 3.63) is 29.8 Å². The zero-order chi connectivity index (χ0) is 10.7. The summed E-state index contributed by atoms with van der Waals surface area (Å²) in [6, 6.07) is 1.19. The second-order valence-corrected chi connectivity index (χ2v) is 4.34. The first-order valence-electron chi connectivity index (χ1n) is 4.61. The summed E-state index contributed by atoms with van der Waals surface area (Å²) < 4.78 is 18.1. The molecule has 3 nitrogen and oxygen atoms in total. The van der Waals surface area contributed by atoms with Gasteiger partial charge in [0.15, 0.2) is 5.78 Å². The van der Waals surface area contributed by atoms with Gasteiger partial charge in [-0.2, -0.15) is 11.8 Å². The number of thioether (sulfide) groups is 1. The van der Waals surface area contributed by atoms with Crippen molar-refractivity contribution in [1.82, 2.24) is 4.98 Å². The molecule has 80 valence electrons. The number of hydrogen-bond acceptors (Lipinski definition) is 4. The van der Waals surface area contributed by atoms with Gasteiger partial charge in [-0.25, -0.2) is 4.39 Å². The number of carbonyl (C=O) groups excluding carboxylic acids is 1.